The average Bonchev–Trinajstić information content (AvgIpc) is 2.56. The first-order valence-corrected chi connectivity index (χ1v) is 8.12. The van der Waals surface area contributed by atoms with Crippen LogP contribution in [0.5, 0.6) is 0 Å². The third kappa shape index (κ3) is 3.71. The van der Waals surface area contributed by atoms with Crippen LogP contribution in [-0.4, -0.2) is 32.2 Å². The molecule has 2 aromatic rings. The van der Waals surface area contributed by atoms with E-state index >= 15 is 0 Å². The van der Waals surface area contributed by atoms with Gasteiger partial charge in [-0.3, -0.25) is 4.79 Å². The van der Waals surface area contributed by atoms with Crippen molar-refractivity contribution < 1.29 is 13.9 Å². The van der Waals surface area contributed by atoms with E-state index in [1.165, 1.54) is 12.1 Å². The molecule has 0 saturated carbocycles. The van der Waals surface area contributed by atoms with Crippen LogP contribution in [0.15, 0.2) is 46.9 Å². The monoisotopic (exact) mass is 378 g/mol. The second-order valence-corrected chi connectivity index (χ2v) is 6.05. The third-order valence-corrected chi connectivity index (χ3v) is 4.37. The first-order chi connectivity index (χ1) is 11.1. The molecule has 0 atom stereocenters. The van der Waals surface area contributed by atoms with E-state index in [4.69, 9.17) is 4.74 Å². The fraction of sp³-hybridized carbons (Fsp3) is 0.235. The van der Waals surface area contributed by atoms with Crippen molar-refractivity contribution in [3.63, 3.8) is 0 Å². The van der Waals surface area contributed by atoms with E-state index in [0.717, 1.165) is 5.69 Å². The molecule has 1 amide bonds. The zero-order valence-electron chi connectivity index (χ0n) is 12.4. The first kappa shape index (κ1) is 16.0. The van der Waals surface area contributed by atoms with Gasteiger partial charge in [-0.25, -0.2) is 4.39 Å². The molecule has 6 heteroatoms. The fourth-order valence-electron chi connectivity index (χ4n) is 2.52. The Hall–Kier alpha value is -1.92. The molecular formula is C17H16BrFN2O2. The number of amides is 1. The Morgan fingerprint density at radius 3 is 2.65 bits per heavy atom. The summed E-state index contributed by atoms with van der Waals surface area (Å²) in [5, 5.41) is 2.81. The Kier molecular flexibility index (Phi) is 4.93. The largest absolute Gasteiger partial charge is 0.378 e. The molecule has 0 unspecified atom stereocenters. The van der Waals surface area contributed by atoms with Gasteiger partial charge in [0.05, 0.1) is 30.2 Å². The second kappa shape index (κ2) is 7.10. The van der Waals surface area contributed by atoms with Crippen molar-refractivity contribution in [2.75, 3.05) is 36.5 Å². The first-order valence-electron chi connectivity index (χ1n) is 7.33. The molecule has 1 aliphatic heterocycles. The van der Waals surface area contributed by atoms with Crippen molar-refractivity contribution in [2.24, 2.45) is 0 Å². The van der Waals surface area contributed by atoms with Gasteiger partial charge in [0.25, 0.3) is 5.91 Å². The topological polar surface area (TPSA) is 41.6 Å². The van der Waals surface area contributed by atoms with Gasteiger partial charge in [-0.05, 0) is 46.3 Å². The number of nitrogens with zero attached hydrogens (tertiary/aromatic N) is 1. The van der Waals surface area contributed by atoms with Gasteiger partial charge >= 0.3 is 0 Å². The number of rotatable bonds is 3. The van der Waals surface area contributed by atoms with E-state index in [-0.39, 0.29) is 11.7 Å². The molecular weight excluding hydrogens is 363 g/mol. The van der Waals surface area contributed by atoms with E-state index in [9.17, 15) is 9.18 Å². The normalized spacial score (nSPS) is 14.6. The molecule has 4 nitrogen and oxygen atoms in total. The summed E-state index contributed by atoms with van der Waals surface area (Å²) in [7, 11) is 0. The number of nitrogens with one attached hydrogen (secondary N) is 1. The molecule has 1 aliphatic rings. The number of anilines is 2. The molecule has 3 rings (SSSR count). The minimum Gasteiger partial charge on any atom is -0.378 e. The number of hydrogen-bond acceptors (Lipinski definition) is 3. The van der Waals surface area contributed by atoms with Gasteiger partial charge in [-0.1, -0.05) is 12.1 Å². The van der Waals surface area contributed by atoms with E-state index in [1.54, 1.807) is 24.3 Å². The third-order valence-electron chi connectivity index (χ3n) is 3.68. The van der Waals surface area contributed by atoms with Crippen molar-refractivity contribution in [2.45, 2.75) is 0 Å². The number of halogens is 2. The molecule has 23 heavy (non-hydrogen) atoms. The highest BCUT2D eigenvalue weighted by atomic mass is 79.9. The lowest BCUT2D eigenvalue weighted by Gasteiger charge is -2.30. The molecule has 1 N–H and O–H groups in total. The van der Waals surface area contributed by atoms with E-state index < -0.39 is 0 Å². The maximum absolute atomic E-state index is 13.6. The Balaban J connectivity index is 1.88. The zero-order valence-corrected chi connectivity index (χ0v) is 14.0. The number of benzene rings is 2. The number of carbonyl (C=O) groups excluding carboxylic acids is 1. The predicted molar refractivity (Wildman–Crippen MR) is 91.5 cm³/mol. The zero-order chi connectivity index (χ0) is 16.2. The lowest BCUT2D eigenvalue weighted by atomic mass is 10.2. The Morgan fingerprint density at radius 2 is 1.91 bits per heavy atom. The number of hydrogen-bond donors (Lipinski definition) is 1. The molecule has 2 aromatic carbocycles. The average molecular weight is 379 g/mol. The van der Waals surface area contributed by atoms with Crippen LogP contribution in [0.2, 0.25) is 0 Å². The van der Waals surface area contributed by atoms with Crippen LogP contribution >= 0.6 is 15.9 Å². The Bertz CT molecular complexity index is 717. The minimum absolute atomic E-state index is 0.280. The predicted octanol–water partition coefficient (Wildman–Crippen LogP) is 3.68. The van der Waals surface area contributed by atoms with E-state index in [2.05, 4.69) is 26.1 Å². The Labute approximate surface area is 142 Å². The van der Waals surface area contributed by atoms with Crippen LogP contribution in [0.25, 0.3) is 0 Å². The summed E-state index contributed by atoms with van der Waals surface area (Å²) >= 11 is 3.36. The molecule has 0 bridgehead atoms. The van der Waals surface area contributed by atoms with Crippen LogP contribution in [0.4, 0.5) is 15.8 Å². The van der Waals surface area contributed by atoms with Gasteiger partial charge in [0.1, 0.15) is 5.82 Å². The molecule has 1 fully saturated rings. The molecule has 1 heterocycles. The number of carbonyl (C=O) groups is 1. The summed E-state index contributed by atoms with van der Waals surface area (Å²) in [5.41, 5.74) is 1.77. The summed E-state index contributed by atoms with van der Waals surface area (Å²) in [6.07, 6.45) is 0. The molecule has 1 saturated heterocycles. The summed E-state index contributed by atoms with van der Waals surface area (Å²) in [6, 6.07) is 11.6. The smallest absolute Gasteiger partial charge is 0.256 e. The summed E-state index contributed by atoms with van der Waals surface area (Å²) in [6.45, 7) is 2.66. The minimum atomic E-state index is -0.385. The highest BCUT2D eigenvalue weighted by Crippen LogP contribution is 2.29. The molecule has 0 spiro atoms. The second-order valence-electron chi connectivity index (χ2n) is 5.19. The van der Waals surface area contributed by atoms with Crippen molar-refractivity contribution in [3.05, 3.63) is 58.3 Å². The molecule has 0 aromatic heterocycles. The Morgan fingerprint density at radius 1 is 1.17 bits per heavy atom. The van der Waals surface area contributed by atoms with Gasteiger partial charge < -0.3 is 15.0 Å². The van der Waals surface area contributed by atoms with Crippen molar-refractivity contribution >= 4 is 33.2 Å². The van der Waals surface area contributed by atoms with Gasteiger partial charge in [0.15, 0.2) is 0 Å². The lowest BCUT2D eigenvalue weighted by molar-refractivity contribution is 0.102. The maximum Gasteiger partial charge on any atom is 0.256 e. The van der Waals surface area contributed by atoms with Crippen LogP contribution < -0.4 is 10.2 Å². The van der Waals surface area contributed by atoms with Crippen LogP contribution in [0, 0.1) is 5.82 Å². The summed E-state index contributed by atoms with van der Waals surface area (Å²) in [4.78, 5) is 14.6. The summed E-state index contributed by atoms with van der Waals surface area (Å²) in [5.74, 6) is -0.665. The molecule has 0 radical (unpaired) electrons. The maximum atomic E-state index is 13.6. The van der Waals surface area contributed by atoms with Gasteiger partial charge in [0, 0.05) is 17.6 Å². The van der Waals surface area contributed by atoms with Gasteiger partial charge in [0.2, 0.25) is 0 Å². The quantitative estimate of drug-likeness (QED) is 0.885. The highest BCUT2D eigenvalue weighted by Gasteiger charge is 2.18. The molecule has 120 valence electrons. The van der Waals surface area contributed by atoms with Crippen molar-refractivity contribution in [3.8, 4) is 0 Å². The van der Waals surface area contributed by atoms with Crippen molar-refractivity contribution in [1.29, 1.82) is 0 Å². The van der Waals surface area contributed by atoms with E-state index in [0.29, 0.717) is 42.0 Å². The summed E-state index contributed by atoms with van der Waals surface area (Å²) < 4.78 is 19.7. The van der Waals surface area contributed by atoms with Crippen LogP contribution in [0.3, 0.4) is 0 Å². The SMILES string of the molecule is O=C(Nc1cc(F)ccc1N1CCOCC1)c1ccccc1Br. The number of ether oxygens (including phenoxy) is 1. The fourth-order valence-corrected chi connectivity index (χ4v) is 2.99. The highest BCUT2D eigenvalue weighted by molar-refractivity contribution is 9.10. The van der Waals surface area contributed by atoms with Crippen LogP contribution in [-0.2, 0) is 4.74 Å². The van der Waals surface area contributed by atoms with Gasteiger partial charge in [-0.15, -0.1) is 0 Å². The molecule has 0 aliphatic carbocycles. The standard InChI is InChI=1S/C17H16BrFN2O2/c18-14-4-2-1-3-13(14)17(22)20-15-11-12(19)5-6-16(15)21-7-9-23-10-8-21/h1-6,11H,7-10H2,(H,20,22). The van der Waals surface area contributed by atoms with Gasteiger partial charge in [-0.2, -0.15) is 0 Å². The number of morpholine rings is 1. The van der Waals surface area contributed by atoms with Crippen molar-refractivity contribution in [1.82, 2.24) is 0 Å². The lowest BCUT2D eigenvalue weighted by Crippen LogP contribution is -2.36. The van der Waals surface area contributed by atoms with E-state index in [1.807, 2.05) is 6.07 Å². The van der Waals surface area contributed by atoms with Crippen LogP contribution in [0.1, 0.15) is 10.4 Å².